The summed E-state index contributed by atoms with van der Waals surface area (Å²) in [6, 6.07) is 0. The summed E-state index contributed by atoms with van der Waals surface area (Å²) in [5, 5.41) is 7.35. The SMILES string of the molecule is CCn1c(C2CCN(C(=O)C3[C@@H]4CCCC[C@@H]34)CC2)n[nH]c1=S. The van der Waals surface area contributed by atoms with Gasteiger partial charge in [0.25, 0.3) is 0 Å². The van der Waals surface area contributed by atoms with Crippen LogP contribution in [0.2, 0.25) is 0 Å². The lowest BCUT2D eigenvalue weighted by Gasteiger charge is -2.32. The number of fused-ring (bicyclic) bond motifs is 1. The predicted octanol–water partition coefficient (Wildman–Crippen LogP) is 3.10. The lowest BCUT2D eigenvalue weighted by atomic mass is 9.95. The number of likely N-dealkylation sites (tertiary alicyclic amines) is 1. The molecule has 1 aliphatic heterocycles. The molecule has 1 aromatic heterocycles. The monoisotopic (exact) mass is 334 g/mol. The highest BCUT2D eigenvalue weighted by molar-refractivity contribution is 7.71. The van der Waals surface area contributed by atoms with Gasteiger partial charge in [0.1, 0.15) is 5.82 Å². The maximum absolute atomic E-state index is 12.8. The Labute approximate surface area is 142 Å². The Morgan fingerprint density at radius 1 is 1.22 bits per heavy atom. The van der Waals surface area contributed by atoms with E-state index in [0.717, 1.165) is 38.3 Å². The van der Waals surface area contributed by atoms with Gasteiger partial charge in [-0.15, -0.1) is 0 Å². The maximum atomic E-state index is 12.8. The van der Waals surface area contributed by atoms with Gasteiger partial charge in [-0.25, -0.2) is 0 Å². The number of rotatable bonds is 3. The first-order chi connectivity index (χ1) is 11.2. The Balaban J connectivity index is 1.37. The third-order valence-electron chi connectivity index (χ3n) is 6.22. The number of hydrogen-bond donors (Lipinski definition) is 1. The molecular formula is C17H26N4OS. The number of aromatic nitrogens is 3. The van der Waals surface area contributed by atoms with Gasteiger partial charge in [-0.3, -0.25) is 9.89 Å². The zero-order valence-electron chi connectivity index (χ0n) is 13.8. The third kappa shape index (κ3) is 2.65. The molecule has 3 fully saturated rings. The van der Waals surface area contributed by atoms with Gasteiger partial charge in [0.15, 0.2) is 4.77 Å². The van der Waals surface area contributed by atoms with Crippen LogP contribution < -0.4 is 0 Å². The van der Waals surface area contributed by atoms with Crippen molar-refractivity contribution in [1.82, 2.24) is 19.7 Å². The second kappa shape index (κ2) is 6.04. The van der Waals surface area contributed by atoms with Gasteiger partial charge >= 0.3 is 0 Å². The lowest BCUT2D eigenvalue weighted by molar-refractivity contribution is -0.134. The number of hydrogen-bond acceptors (Lipinski definition) is 3. The van der Waals surface area contributed by atoms with E-state index in [0.29, 0.717) is 34.3 Å². The van der Waals surface area contributed by atoms with Crippen LogP contribution in [0.4, 0.5) is 0 Å². The number of amides is 1. The second-order valence-corrected chi connectivity index (χ2v) is 7.76. The quantitative estimate of drug-likeness (QED) is 0.864. The van der Waals surface area contributed by atoms with Crippen molar-refractivity contribution in [1.29, 1.82) is 0 Å². The maximum Gasteiger partial charge on any atom is 0.226 e. The van der Waals surface area contributed by atoms with Crippen molar-refractivity contribution in [3.8, 4) is 0 Å². The van der Waals surface area contributed by atoms with Crippen molar-refractivity contribution in [2.75, 3.05) is 13.1 Å². The molecule has 2 aliphatic carbocycles. The Morgan fingerprint density at radius 2 is 1.87 bits per heavy atom. The molecule has 126 valence electrons. The molecule has 5 nitrogen and oxygen atoms in total. The molecule has 2 heterocycles. The normalized spacial score (nSPS) is 31.0. The molecule has 0 aromatic carbocycles. The minimum atomic E-state index is 0.360. The highest BCUT2D eigenvalue weighted by Gasteiger charge is 2.55. The van der Waals surface area contributed by atoms with Crippen molar-refractivity contribution in [3.05, 3.63) is 10.6 Å². The largest absolute Gasteiger partial charge is 0.342 e. The average Bonchev–Trinajstić information content (AvgIpc) is 3.20. The molecule has 0 unspecified atom stereocenters. The number of carbonyl (C=O) groups excluding carboxylic acids is 1. The molecule has 6 heteroatoms. The number of aromatic amines is 1. The fraction of sp³-hybridized carbons (Fsp3) is 0.824. The second-order valence-electron chi connectivity index (χ2n) is 7.37. The topological polar surface area (TPSA) is 53.9 Å². The number of H-pyrrole nitrogens is 1. The summed E-state index contributed by atoms with van der Waals surface area (Å²) in [6.45, 7) is 4.71. The summed E-state index contributed by atoms with van der Waals surface area (Å²) in [5.74, 6) is 3.72. The van der Waals surface area contributed by atoms with E-state index in [2.05, 4.69) is 26.6 Å². The Hall–Kier alpha value is -1.17. The van der Waals surface area contributed by atoms with Crippen LogP contribution in [0.3, 0.4) is 0 Å². The van der Waals surface area contributed by atoms with Crippen molar-refractivity contribution in [2.45, 2.75) is 57.9 Å². The van der Waals surface area contributed by atoms with Gasteiger partial charge in [-0.1, -0.05) is 12.8 Å². The average molecular weight is 334 g/mol. The Bertz CT molecular complexity index is 631. The molecule has 0 spiro atoms. The number of nitrogens with zero attached hydrogens (tertiary/aromatic N) is 3. The fourth-order valence-electron chi connectivity index (χ4n) is 4.87. The fourth-order valence-corrected chi connectivity index (χ4v) is 5.14. The van der Waals surface area contributed by atoms with Crippen molar-refractivity contribution in [2.24, 2.45) is 17.8 Å². The number of piperidine rings is 1. The van der Waals surface area contributed by atoms with Crippen LogP contribution in [0.5, 0.6) is 0 Å². The number of nitrogens with one attached hydrogen (secondary N) is 1. The molecule has 0 radical (unpaired) electrons. The summed E-state index contributed by atoms with van der Waals surface area (Å²) in [7, 11) is 0. The van der Waals surface area contributed by atoms with E-state index in [-0.39, 0.29) is 0 Å². The smallest absolute Gasteiger partial charge is 0.226 e. The molecule has 23 heavy (non-hydrogen) atoms. The van der Waals surface area contributed by atoms with Crippen LogP contribution in [0, 0.1) is 22.5 Å². The summed E-state index contributed by atoms with van der Waals surface area (Å²) >= 11 is 5.29. The van der Waals surface area contributed by atoms with Gasteiger partial charge in [0, 0.05) is 31.5 Å². The first kappa shape index (κ1) is 15.4. The van der Waals surface area contributed by atoms with E-state index in [1.165, 1.54) is 25.7 Å². The third-order valence-corrected chi connectivity index (χ3v) is 6.53. The van der Waals surface area contributed by atoms with Crippen LogP contribution in [0.1, 0.15) is 57.2 Å². The molecule has 2 atom stereocenters. The molecule has 0 bridgehead atoms. The standard InChI is InChI=1S/C17H26N4OS/c1-2-21-15(18-19-17(21)23)11-7-9-20(10-8-11)16(22)14-12-5-3-4-6-13(12)14/h11-14H,2-10H2,1H3,(H,19,23)/t12-,13-/m1/s1. The lowest BCUT2D eigenvalue weighted by Crippen LogP contribution is -2.39. The van der Waals surface area contributed by atoms with E-state index < -0.39 is 0 Å². The van der Waals surface area contributed by atoms with Crippen LogP contribution >= 0.6 is 12.2 Å². The van der Waals surface area contributed by atoms with E-state index in [9.17, 15) is 4.79 Å². The molecule has 3 aliphatic rings. The van der Waals surface area contributed by atoms with Crippen LogP contribution in [-0.4, -0.2) is 38.7 Å². The van der Waals surface area contributed by atoms with E-state index in [1.54, 1.807) is 0 Å². The van der Waals surface area contributed by atoms with Gasteiger partial charge in [-0.2, -0.15) is 5.10 Å². The molecule has 1 amide bonds. The summed E-state index contributed by atoms with van der Waals surface area (Å²) in [5.41, 5.74) is 0. The summed E-state index contributed by atoms with van der Waals surface area (Å²) in [6.07, 6.45) is 7.23. The molecule has 4 rings (SSSR count). The molecular weight excluding hydrogens is 308 g/mol. The Kier molecular flexibility index (Phi) is 4.03. The summed E-state index contributed by atoms with van der Waals surface area (Å²) in [4.78, 5) is 14.9. The van der Waals surface area contributed by atoms with Gasteiger partial charge in [0.2, 0.25) is 5.91 Å². The van der Waals surface area contributed by atoms with Crippen LogP contribution in [0.25, 0.3) is 0 Å². The van der Waals surface area contributed by atoms with Crippen molar-refractivity contribution >= 4 is 18.1 Å². The van der Waals surface area contributed by atoms with E-state index >= 15 is 0 Å². The molecule has 1 N–H and O–H groups in total. The first-order valence-corrected chi connectivity index (χ1v) is 9.55. The van der Waals surface area contributed by atoms with Gasteiger partial charge in [0.05, 0.1) is 0 Å². The molecule has 1 aromatic rings. The zero-order valence-corrected chi connectivity index (χ0v) is 14.6. The number of carbonyl (C=O) groups is 1. The highest BCUT2D eigenvalue weighted by atomic mass is 32.1. The van der Waals surface area contributed by atoms with E-state index in [1.807, 2.05) is 0 Å². The molecule has 2 saturated carbocycles. The van der Waals surface area contributed by atoms with Gasteiger partial charge < -0.3 is 9.47 Å². The summed E-state index contributed by atoms with van der Waals surface area (Å²) < 4.78 is 2.80. The molecule has 1 saturated heterocycles. The zero-order chi connectivity index (χ0) is 16.0. The van der Waals surface area contributed by atoms with Crippen molar-refractivity contribution < 1.29 is 4.79 Å². The van der Waals surface area contributed by atoms with Crippen LogP contribution in [-0.2, 0) is 11.3 Å². The Morgan fingerprint density at radius 3 is 2.48 bits per heavy atom. The van der Waals surface area contributed by atoms with Gasteiger partial charge in [-0.05, 0) is 56.7 Å². The minimum absolute atomic E-state index is 0.360. The van der Waals surface area contributed by atoms with Crippen molar-refractivity contribution in [3.63, 3.8) is 0 Å². The predicted molar refractivity (Wildman–Crippen MR) is 90.6 cm³/mol. The highest BCUT2D eigenvalue weighted by Crippen LogP contribution is 2.56. The first-order valence-electron chi connectivity index (χ1n) is 9.14. The van der Waals surface area contributed by atoms with Crippen LogP contribution in [0.15, 0.2) is 0 Å². The minimum Gasteiger partial charge on any atom is -0.342 e. The van der Waals surface area contributed by atoms with E-state index in [4.69, 9.17) is 12.2 Å².